The lowest BCUT2D eigenvalue weighted by Crippen LogP contribution is -2.45. The third kappa shape index (κ3) is 4.46. The molecule has 1 aliphatic carbocycles. The Balaban J connectivity index is 1.17. The van der Waals surface area contributed by atoms with Crippen molar-refractivity contribution in [2.45, 2.75) is 69.7 Å². The van der Waals surface area contributed by atoms with Crippen LogP contribution in [0.3, 0.4) is 0 Å². The van der Waals surface area contributed by atoms with E-state index < -0.39 is 0 Å². The van der Waals surface area contributed by atoms with Crippen molar-refractivity contribution in [3.8, 4) is 11.3 Å². The van der Waals surface area contributed by atoms with E-state index in [1.165, 1.54) is 36.6 Å². The van der Waals surface area contributed by atoms with Crippen LogP contribution in [0.4, 0.5) is 5.82 Å². The number of aromatic nitrogens is 5. The lowest BCUT2D eigenvalue weighted by atomic mass is 9.90. The topological polar surface area (TPSA) is 96.2 Å². The molecular formula is C29H37N7O2. The normalized spacial score (nSPS) is 25.3. The molecule has 9 nitrogen and oxygen atoms in total. The third-order valence-electron chi connectivity index (χ3n) is 8.81. The predicted octanol–water partition coefficient (Wildman–Crippen LogP) is 4.42. The summed E-state index contributed by atoms with van der Waals surface area (Å²) < 4.78 is 16.0. The van der Waals surface area contributed by atoms with E-state index in [2.05, 4.69) is 54.6 Å². The van der Waals surface area contributed by atoms with Gasteiger partial charge in [-0.1, -0.05) is 6.07 Å². The molecule has 3 aromatic heterocycles. The summed E-state index contributed by atoms with van der Waals surface area (Å²) in [6.07, 6.45) is 12.1. The number of nitrogen functional groups attached to an aromatic ring is 1. The van der Waals surface area contributed by atoms with Gasteiger partial charge in [-0.3, -0.25) is 4.90 Å². The second kappa shape index (κ2) is 10.3. The first kappa shape index (κ1) is 24.1. The van der Waals surface area contributed by atoms with E-state index in [4.69, 9.17) is 20.3 Å². The van der Waals surface area contributed by atoms with Gasteiger partial charge in [0, 0.05) is 54.9 Å². The summed E-state index contributed by atoms with van der Waals surface area (Å²) in [7, 11) is 0. The van der Waals surface area contributed by atoms with Crippen molar-refractivity contribution in [1.82, 2.24) is 29.2 Å². The first-order valence-corrected chi connectivity index (χ1v) is 14.3. The summed E-state index contributed by atoms with van der Waals surface area (Å²) in [4.78, 5) is 11.6. The Hall–Kier alpha value is -3.01. The van der Waals surface area contributed by atoms with Gasteiger partial charge in [-0.25, -0.2) is 14.6 Å². The maximum atomic E-state index is 6.44. The number of nitrogens with two attached hydrogens (primary N) is 1. The van der Waals surface area contributed by atoms with E-state index in [0.717, 1.165) is 81.0 Å². The van der Waals surface area contributed by atoms with Gasteiger partial charge in [-0.15, -0.1) is 0 Å². The van der Waals surface area contributed by atoms with Crippen molar-refractivity contribution >= 4 is 27.8 Å². The molecule has 7 rings (SSSR count). The fourth-order valence-corrected chi connectivity index (χ4v) is 6.74. The van der Waals surface area contributed by atoms with Crippen molar-refractivity contribution in [3.63, 3.8) is 0 Å². The fourth-order valence-electron chi connectivity index (χ4n) is 6.74. The Morgan fingerprint density at radius 3 is 2.58 bits per heavy atom. The van der Waals surface area contributed by atoms with Gasteiger partial charge in [0.05, 0.1) is 30.7 Å². The molecule has 9 heteroatoms. The van der Waals surface area contributed by atoms with Crippen LogP contribution in [0.25, 0.3) is 33.2 Å². The minimum Gasteiger partial charge on any atom is -0.383 e. The van der Waals surface area contributed by atoms with Crippen molar-refractivity contribution in [2.24, 2.45) is 0 Å². The van der Waals surface area contributed by atoms with Crippen LogP contribution in [-0.4, -0.2) is 74.3 Å². The molecule has 0 radical (unpaired) electrons. The average Bonchev–Trinajstić information content (AvgIpc) is 3.56. The van der Waals surface area contributed by atoms with Crippen molar-refractivity contribution in [1.29, 1.82) is 0 Å². The molecule has 2 N–H and O–H groups in total. The molecule has 3 fully saturated rings. The predicted molar refractivity (Wildman–Crippen MR) is 148 cm³/mol. The van der Waals surface area contributed by atoms with Crippen LogP contribution in [0.5, 0.6) is 0 Å². The van der Waals surface area contributed by atoms with Crippen LogP contribution in [0, 0.1) is 0 Å². The number of hydrogen-bond acceptors (Lipinski definition) is 7. The van der Waals surface area contributed by atoms with E-state index in [0.29, 0.717) is 24.0 Å². The Morgan fingerprint density at radius 2 is 1.76 bits per heavy atom. The summed E-state index contributed by atoms with van der Waals surface area (Å²) in [5.41, 5.74) is 10.4. The molecular weight excluding hydrogens is 478 g/mol. The highest BCUT2D eigenvalue weighted by Gasteiger charge is 2.30. The summed E-state index contributed by atoms with van der Waals surface area (Å²) in [6.45, 7) is 5.57. The molecule has 200 valence electrons. The van der Waals surface area contributed by atoms with E-state index in [-0.39, 0.29) is 0 Å². The fraction of sp³-hybridized carbons (Fsp3) is 0.552. The molecule has 4 aromatic rings. The van der Waals surface area contributed by atoms with E-state index in [9.17, 15) is 0 Å². The van der Waals surface area contributed by atoms with E-state index in [1.807, 2.05) is 0 Å². The average molecular weight is 516 g/mol. The molecule has 38 heavy (non-hydrogen) atoms. The second-order valence-corrected chi connectivity index (χ2v) is 11.1. The number of morpholine rings is 1. The van der Waals surface area contributed by atoms with Gasteiger partial charge in [0.2, 0.25) is 0 Å². The number of anilines is 1. The van der Waals surface area contributed by atoms with Crippen LogP contribution in [0.2, 0.25) is 0 Å². The zero-order valence-corrected chi connectivity index (χ0v) is 22.0. The number of benzene rings is 1. The zero-order chi connectivity index (χ0) is 25.5. The molecule has 0 amide bonds. The first-order chi connectivity index (χ1) is 18.7. The van der Waals surface area contributed by atoms with Gasteiger partial charge in [0.25, 0.3) is 0 Å². The Morgan fingerprint density at radius 1 is 0.921 bits per heavy atom. The first-order valence-electron chi connectivity index (χ1n) is 14.3. The minimum absolute atomic E-state index is 0.300. The highest BCUT2D eigenvalue weighted by molar-refractivity contribution is 6.00. The molecule has 1 unspecified atom stereocenters. The molecule has 0 spiro atoms. The lowest BCUT2D eigenvalue weighted by Gasteiger charge is -2.38. The van der Waals surface area contributed by atoms with Crippen LogP contribution >= 0.6 is 0 Å². The van der Waals surface area contributed by atoms with Crippen molar-refractivity contribution in [3.05, 3.63) is 36.8 Å². The van der Waals surface area contributed by atoms with Gasteiger partial charge < -0.3 is 19.8 Å². The highest BCUT2D eigenvalue weighted by Crippen LogP contribution is 2.37. The van der Waals surface area contributed by atoms with E-state index >= 15 is 0 Å². The molecule has 3 aliphatic rings. The van der Waals surface area contributed by atoms with Crippen LogP contribution in [-0.2, 0) is 16.0 Å². The molecule has 2 aliphatic heterocycles. The van der Waals surface area contributed by atoms with Gasteiger partial charge in [0.15, 0.2) is 5.65 Å². The molecule has 1 saturated carbocycles. The SMILES string of the molecule is Nc1ncnc2c1c(-c1ccc3c(ccn3CC3CCCCO3)c1)nn2C1CCC(N2CCOCC2)CC1. The summed E-state index contributed by atoms with van der Waals surface area (Å²) in [5, 5.41) is 7.22. The summed E-state index contributed by atoms with van der Waals surface area (Å²) >= 11 is 0. The largest absolute Gasteiger partial charge is 0.383 e. The van der Waals surface area contributed by atoms with Crippen LogP contribution in [0.15, 0.2) is 36.8 Å². The van der Waals surface area contributed by atoms with Crippen LogP contribution < -0.4 is 5.73 Å². The minimum atomic E-state index is 0.300. The highest BCUT2D eigenvalue weighted by atomic mass is 16.5. The van der Waals surface area contributed by atoms with Gasteiger partial charge in [-0.05, 0) is 63.1 Å². The summed E-state index contributed by atoms with van der Waals surface area (Å²) in [6, 6.07) is 9.73. The number of ether oxygens (including phenoxy) is 2. The third-order valence-corrected chi connectivity index (χ3v) is 8.81. The van der Waals surface area contributed by atoms with E-state index in [1.54, 1.807) is 6.33 Å². The van der Waals surface area contributed by atoms with Gasteiger partial charge >= 0.3 is 0 Å². The summed E-state index contributed by atoms with van der Waals surface area (Å²) in [5.74, 6) is 0.491. The number of fused-ring (bicyclic) bond motifs is 2. The van der Waals surface area contributed by atoms with Gasteiger partial charge in [0.1, 0.15) is 17.8 Å². The lowest BCUT2D eigenvalue weighted by molar-refractivity contribution is 0.00520. The number of nitrogens with zero attached hydrogens (tertiary/aromatic N) is 6. The molecule has 0 bridgehead atoms. The van der Waals surface area contributed by atoms with Crippen molar-refractivity contribution in [2.75, 3.05) is 38.6 Å². The Kier molecular flexibility index (Phi) is 6.51. The number of hydrogen-bond donors (Lipinski definition) is 1. The second-order valence-electron chi connectivity index (χ2n) is 11.1. The molecule has 2 saturated heterocycles. The maximum Gasteiger partial charge on any atom is 0.164 e. The standard InChI is InChI=1S/C29H37N7O2/c30-28-26-27(21-4-9-25-20(17-21)10-11-35(25)18-24-3-1-2-14-38-24)33-36(29(26)32-19-31-28)23-7-5-22(6-8-23)34-12-15-37-16-13-34/h4,9-11,17,19,22-24H,1-3,5-8,12-16,18H2,(H2,30,31,32). The Bertz CT molecular complexity index is 1410. The molecule has 5 heterocycles. The number of rotatable bonds is 5. The maximum absolute atomic E-state index is 6.44. The zero-order valence-electron chi connectivity index (χ0n) is 22.0. The Labute approximate surface area is 222 Å². The monoisotopic (exact) mass is 515 g/mol. The van der Waals surface area contributed by atoms with Crippen molar-refractivity contribution < 1.29 is 9.47 Å². The van der Waals surface area contributed by atoms with Gasteiger partial charge in [-0.2, -0.15) is 5.10 Å². The quantitative estimate of drug-likeness (QED) is 0.420. The smallest absolute Gasteiger partial charge is 0.164 e. The molecule has 1 aromatic carbocycles. The van der Waals surface area contributed by atoms with Crippen LogP contribution in [0.1, 0.15) is 51.0 Å². The molecule has 1 atom stereocenters.